The van der Waals surface area contributed by atoms with E-state index in [0.717, 1.165) is 11.3 Å². The minimum atomic E-state index is -0.533. The summed E-state index contributed by atoms with van der Waals surface area (Å²) in [6.07, 6.45) is 6.66. The Balaban J connectivity index is 1.92. The molecule has 2 aliphatic carbocycles. The van der Waals surface area contributed by atoms with E-state index >= 15 is 0 Å². The van der Waals surface area contributed by atoms with E-state index in [1.165, 1.54) is 25.7 Å². The monoisotopic (exact) mass is 192 g/mol. The molecular formula is C12H16O2. The number of fused-ring (bicyclic) bond motifs is 1. The van der Waals surface area contributed by atoms with Gasteiger partial charge in [-0.1, -0.05) is 12.8 Å². The van der Waals surface area contributed by atoms with Crippen LogP contribution in [0.3, 0.4) is 0 Å². The number of hydrogen-bond donors (Lipinski definition) is 1. The van der Waals surface area contributed by atoms with Gasteiger partial charge in [0.2, 0.25) is 0 Å². The lowest BCUT2D eigenvalue weighted by Gasteiger charge is -2.05. The average Bonchev–Trinajstić information content (AvgIpc) is 2.57. The Morgan fingerprint density at radius 1 is 1.36 bits per heavy atom. The van der Waals surface area contributed by atoms with Crippen molar-refractivity contribution in [3.63, 3.8) is 0 Å². The highest BCUT2D eigenvalue weighted by atomic mass is 16.3. The molecule has 0 bridgehead atoms. The van der Waals surface area contributed by atoms with Gasteiger partial charge < -0.3 is 9.52 Å². The molecule has 1 aromatic rings. The summed E-state index contributed by atoms with van der Waals surface area (Å²) in [6.45, 7) is 1.93. The van der Waals surface area contributed by atoms with Crippen molar-refractivity contribution in [1.29, 1.82) is 0 Å². The molecule has 2 unspecified atom stereocenters. The van der Waals surface area contributed by atoms with Crippen molar-refractivity contribution >= 4 is 0 Å². The van der Waals surface area contributed by atoms with E-state index in [1.54, 1.807) is 6.26 Å². The third-order valence-electron chi connectivity index (χ3n) is 3.98. The molecule has 0 saturated heterocycles. The minimum absolute atomic E-state index is 0.508. The zero-order valence-corrected chi connectivity index (χ0v) is 8.49. The number of rotatable bonds is 1. The van der Waals surface area contributed by atoms with Crippen LogP contribution >= 0.6 is 0 Å². The first-order valence-corrected chi connectivity index (χ1v) is 5.51. The van der Waals surface area contributed by atoms with Gasteiger partial charge in [0.25, 0.3) is 0 Å². The Morgan fingerprint density at radius 3 is 2.50 bits per heavy atom. The van der Waals surface area contributed by atoms with Gasteiger partial charge in [-0.2, -0.15) is 0 Å². The molecule has 1 heterocycles. The Labute approximate surface area is 83.9 Å². The van der Waals surface area contributed by atoms with Crippen LogP contribution in [-0.4, -0.2) is 5.11 Å². The van der Waals surface area contributed by atoms with E-state index in [4.69, 9.17) is 4.42 Å². The normalized spacial score (nSPS) is 40.7. The maximum absolute atomic E-state index is 10.5. The smallest absolute Gasteiger partial charge is 0.101 e. The number of aryl methyl sites for hydroxylation is 1. The van der Waals surface area contributed by atoms with E-state index in [9.17, 15) is 5.11 Å². The molecule has 0 aromatic carbocycles. The molecule has 2 nitrogen and oxygen atoms in total. The summed E-state index contributed by atoms with van der Waals surface area (Å²) >= 11 is 0. The van der Waals surface area contributed by atoms with Gasteiger partial charge in [0.1, 0.15) is 5.76 Å². The molecule has 1 aromatic heterocycles. The van der Waals surface area contributed by atoms with Gasteiger partial charge in [0, 0.05) is 5.56 Å². The lowest BCUT2D eigenvalue weighted by molar-refractivity contribution is 0.117. The van der Waals surface area contributed by atoms with Crippen LogP contribution in [0, 0.1) is 18.8 Å². The maximum atomic E-state index is 10.5. The summed E-state index contributed by atoms with van der Waals surface area (Å²) in [6, 6.07) is 1.98. The fourth-order valence-corrected chi connectivity index (χ4v) is 3.17. The first kappa shape index (κ1) is 8.54. The third kappa shape index (κ3) is 0.949. The topological polar surface area (TPSA) is 33.4 Å². The summed E-state index contributed by atoms with van der Waals surface area (Å²) in [5.74, 6) is 1.92. The molecule has 0 spiro atoms. The fraction of sp³-hybridized carbons (Fsp3) is 0.667. The van der Waals surface area contributed by atoms with Gasteiger partial charge in [-0.3, -0.25) is 0 Å². The van der Waals surface area contributed by atoms with Crippen molar-refractivity contribution in [3.8, 4) is 0 Å². The van der Waals surface area contributed by atoms with Crippen LogP contribution < -0.4 is 0 Å². The van der Waals surface area contributed by atoms with Crippen LogP contribution in [0.5, 0.6) is 0 Å². The van der Waals surface area contributed by atoms with Crippen LogP contribution in [0.1, 0.15) is 37.0 Å². The van der Waals surface area contributed by atoms with Crippen molar-refractivity contribution in [3.05, 3.63) is 23.7 Å². The fourth-order valence-electron chi connectivity index (χ4n) is 3.17. The molecule has 14 heavy (non-hydrogen) atoms. The second-order valence-electron chi connectivity index (χ2n) is 4.77. The molecule has 2 heteroatoms. The lowest BCUT2D eigenvalue weighted by atomic mass is 10.0. The molecule has 0 aliphatic heterocycles. The summed E-state index contributed by atoms with van der Waals surface area (Å²) in [4.78, 5) is 0. The minimum Gasteiger partial charge on any atom is -0.469 e. The van der Waals surface area contributed by atoms with E-state index < -0.39 is 5.60 Å². The van der Waals surface area contributed by atoms with Gasteiger partial charge in [-0.25, -0.2) is 0 Å². The highest BCUT2D eigenvalue weighted by molar-refractivity contribution is 5.31. The second kappa shape index (κ2) is 2.63. The number of furan rings is 1. The highest BCUT2D eigenvalue weighted by Gasteiger charge is 2.65. The van der Waals surface area contributed by atoms with Crippen molar-refractivity contribution in [2.75, 3.05) is 0 Å². The Kier molecular flexibility index (Phi) is 1.61. The third-order valence-corrected chi connectivity index (χ3v) is 3.98. The number of hydrogen-bond acceptors (Lipinski definition) is 2. The number of aliphatic hydroxyl groups is 1. The summed E-state index contributed by atoms with van der Waals surface area (Å²) in [7, 11) is 0. The van der Waals surface area contributed by atoms with Crippen LogP contribution in [0.2, 0.25) is 0 Å². The molecule has 76 valence electrons. The summed E-state index contributed by atoms with van der Waals surface area (Å²) in [5.41, 5.74) is 0.473. The molecular weight excluding hydrogens is 176 g/mol. The van der Waals surface area contributed by atoms with E-state index in [-0.39, 0.29) is 0 Å². The second-order valence-corrected chi connectivity index (χ2v) is 4.77. The molecule has 2 aliphatic rings. The molecule has 1 N–H and O–H groups in total. The maximum Gasteiger partial charge on any atom is 0.101 e. The van der Waals surface area contributed by atoms with E-state index in [2.05, 4.69) is 0 Å². The van der Waals surface area contributed by atoms with Gasteiger partial charge in [0.05, 0.1) is 11.9 Å². The van der Waals surface area contributed by atoms with Gasteiger partial charge in [-0.05, 0) is 37.7 Å². The summed E-state index contributed by atoms with van der Waals surface area (Å²) < 4.78 is 5.28. The first-order chi connectivity index (χ1) is 6.73. The lowest BCUT2D eigenvalue weighted by Crippen LogP contribution is -2.08. The Morgan fingerprint density at radius 2 is 2.00 bits per heavy atom. The largest absolute Gasteiger partial charge is 0.469 e. The van der Waals surface area contributed by atoms with Crippen molar-refractivity contribution in [2.45, 2.75) is 38.2 Å². The standard InChI is InChI=1S/C12H16O2/c1-8-6-9(7-14-8)12(13)10-4-2-3-5-11(10)12/h6-7,10-11,13H,2-5H2,1H3. The zero-order chi connectivity index (χ0) is 9.76. The van der Waals surface area contributed by atoms with Crippen LogP contribution in [0.25, 0.3) is 0 Å². The van der Waals surface area contributed by atoms with E-state index in [0.29, 0.717) is 11.8 Å². The van der Waals surface area contributed by atoms with Gasteiger partial charge in [0.15, 0.2) is 0 Å². The van der Waals surface area contributed by atoms with Crippen molar-refractivity contribution in [2.24, 2.45) is 11.8 Å². The van der Waals surface area contributed by atoms with Crippen LogP contribution in [0.4, 0.5) is 0 Å². The predicted octanol–water partition coefficient (Wildman–Crippen LogP) is 2.60. The molecule has 2 atom stereocenters. The quantitative estimate of drug-likeness (QED) is 0.742. The van der Waals surface area contributed by atoms with E-state index in [1.807, 2.05) is 13.0 Å². The predicted molar refractivity (Wildman–Crippen MR) is 52.8 cm³/mol. The first-order valence-electron chi connectivity index (χ1n) is 5.51. The average molecular weight is 192 g/mol. The summed E-state index contributed by atoms with van der Waals surface area (Å²) in [5, 5.41) is 10.5. The van der Waals surface area contributed by atoms with Crippen LogP contribution in [0.15, 0.2) is 16.7 Å². The van der Waals surface area contributed by atoms with Crippen LogP contribution in [-0.2, 0) is 5.60 Å². The van der Waals surface area contributed by atoms with Crippen molar-refractivity contribution < 1.29 is 9.52 Å². The Hall–Kier alpha value is -0.760. The highest BCUT2D eigenvalue weighted by Crippen LogP contribution is 2.64. The molecule has 2 fully saturated rings. The van der Waals surface area contributed by atoms with Gasteiger partial charge >= 0.3 is 0 Å². The Bertz CT molecular complexity index is 341. The van der Waals surface area contributed by atoms with Gasteiger partial charge in [-0.15, -0.1) is 0 Å². The molecule has 3 rings (SSSR count). The SMILES string of the molecule is Cc1cc(C2(O)C3CCCCC32)co1. The van der Waals surface area contributed by atoms with Crippen molar-refractivity contribution in [1.82, 2.24) is 0 Å². The molecule has 2 saturated carbocycles. The zero-order valence-electron chi connectivity index (χ0n) is 8.49. The molecule has 0 amide bonds. The molecule has 0 radical (unpaired) electrons.